The Labute approximate surface area is 134 Å². The van der Waals surface area contributed by atoms with Crippen molar-refractivity contribution in [3.8, 4) is 0 Å². The number of piperidine rings is 1. The summed E-state index contributed by atoms with van der Waals surface area (Å²) in [5.41, 5.74) is 0.398. The maximum absolute atomic E-state index is 13.0. The van der Waals surface area contributed by atoms with Gasteiger partial charge in [0, 0.05) is 25.5 Å². The molecule has 4 heteroatoms. The normalized spacial score (nSPS) is 23.1. The number of nitrogens with zero attached hydrogens (tertiary/aromatic N) is 3. The van der Waals surface area contributed by atoms with E-state index in [0.717, 1.165) is 25.9 Å². The zero-order chi connectivity index (χ0) is 15.6. The van der Waals surface area contributed by atoms with Gasteiger partial charge >= 0.3 is 0 Å². The highest BCUT2D eigenvalue weighted by molar-refractivity contribution is 5.80. The minimum absolute atomic E-state index is 0.0126. The molecule has 0 saturated carbocycles. The first kappa shape index (κ1) is 15.6. The second-order valence-corrected chi connectivity index (χ2v) is 7.25. The summed E-state index contributed by atoms with van der Waals surface area (Å²) in [5.74, 6) is 0.328. The summed E-state index contributed by atoms with van der Waals surface area (Å²) in [4.78, 5) is 17.6. The van der Waals surface area contributed by atoms with E-state index in [-0.39, 0.29) is 6.04 Å². The topological polar surface area (TPSA) is 28.5 Å². The minimum atomic E-state index is -0.0126. The molecule has 2 aliphatic rings. The molecule has 122 valence electrons. The first-order valence-corrected chi connectivity index (χ1v) is 8.73. The molecule has 1 aromatic rings. The first-order valence-electron chi connectivity index (χ1n) is 8.73. The lowest BCUT2D eigenvalue weighted by Gasteiger charge is -2.37. The predicted molar refractivity (Wildman–Crippen MR) is 88.7 cm³/mol. The van der Waals surface area contributed by atoms with E-state index in [1.54, 1.807) is 0 Å². The van der Waals surface area contributed by atoms with E-state index >= 15 is 0 Å². The van der Waals surface area contributed by atoms with Crippen molar-refractivity contribution < 1.29 is 4.79 Å². The van der Waals surface area contributed by atoms with E-state index in [0.29, 0.717) is 11.3 Å². The SMILES string of the molecule is CCC[C@@H](C(=O)N1CCC2(CCN(C)CC2)C1)n1cccc1. The summed E-state index contributed by atoms with van der Waals surface area (Å²) < 4.78 is 2.09. The largest absolute Gasteiger partial charge is 0.342 e. The quantitative estimate of drug-likeness (QED) is 0.855. The smallest absolute Gasteiger partial charge is 0.245 e. The Bertz CT molecular complexity index is 488. The monoisotopic (exact) mass is 303 g/mol. The van der Waals surface area contributed by atoms with Crippen molar-refractivity contribution in [3.63, 3.8) is 0 Å². The zero-order valence-electron chi connectivity index (χ0n) is 14.0. The van der Waals surface area contributed by atoms with E-state index in [2.05, 4.69) is 28.3 Å². The van der Waals surface area contributed by atoms with Crippen LogP contribution in [-0.2, 0) is 4.79 Å². The molecule has 4 nitrogen and oxygen atoms in total. The van der Waals surface area contributed by atoms with Crippen LogP contribution in [0.2, 0.25) is 0 Å². The number of aromatic nitrogens is 1. The van der Waals surface area contributed by atoms with Crippen LogP contribution in [0.15, 0.2) is 24.5 Å². The average molecular weight is 303 g/mol. The number of carbonyl (C=O) groups excluding carboxylic acids is 1. The molecule has 1 aromatic heterocycles. The van der Waals surface area contributed by atoms with Crippen LogP contribution in [0.25, 0.3) is 0 Å². The molecule has 0 bridgehead atoms. The standard InChI is InChI=1S/C18H29N3O/c1-3-6-16(20-10-4-5-11-20)17(22)21-14-9-18(15-21)7-12-19(2)13-8-18/h4-5,10-11,16H,3,6-9,12-15H2,1-2H3/t16-/m0/s1. The Morgan fingerprint density at radius 2 is 1.77 bits per heavy atom. The van der Waals surface area contributed by atoms with Crippen LogP contribution in [-0.4, -0.2) is 53.5 Å². The number of rotatable bonds is 4. The molecular weight excluding hydrogens is 274 g/mol. The van der Waals surface area contributed by atoms with Gasteiger partial charge in [0.2, 0.25) is 5.91 Å². The molecular formula is C18H29N3O. The Morgan fingerprint density at radius 3 is 2.41 bits per heavy atom. The molecule has 1 atom stereocenters. The molecule has 0 aromatic carbocycles. The maximum atomic E-state index is 13.0. The van der Waals surface area contributed by atoms with E-state index in [1.165, 1.54) is 32.4 Å². The Morgan fingerprint density at radius 1 is 1.14 bits per heavy atom. The third-order valence-electron chi connectivity index (χ3n) is 5.63. The second kappa shape index (κ2) is 6.45. The van der Waals surface area contributed by atoms with Gasteiger partial charge in [-0.15, -0.1) is 0 Å². The highest BCUT2D eigenvalue weighted by Crippen LogP contribution is 2.40. The summed E-state index contributed by atoms with van der Waals surface area (Å²) in [5, 5.41) is 0. The molecule has 0 unspecified atom stereocenters. The molecule has 2 fully saturated rings. The van der Waals surface area contributed by atoms with Crippen molar-refractivity contribution in [2.45, 2.75) is 45.1 Å². The number of carbonyl (C=O) groups is 1. The number of hydrogen-bond donors (Lipinski definition) is 0. The van der Waals surface area contributed by atoms with Crippen LogP contribution >= 0.6 is 0 Å². The van der Waals surface area contributed by atoms with Gasteiger partial charge < -0.3 is 14.4 Å². The summed E-state index contributed by atoms with van der Waals surface area (Å²) in [7, 11) is 2.20. The molecule has 0 N–H and O–H groups in total. The molecule has 2 saturated heterocycles. The number of hydrogen-bond acceptors (Lipinski definition) is 2. The van der Waals surface area contributed by atoms with Crippen LogP contribution in [0.1, 0.15) is 45.1 Å². The predicted octanol–water partition coefficient (Wildman–Crippen LogP) is 2.77. The molecule has 0 aliphatic carbocycles. The van der Waals surface area contributed by atoms with E-state index in [1.807, 2.05) is 24.5 Å². The van der Waals surface area contributed by atoms with Gasteiger partial charge in [0.15, 0.2) is 0 Å². The van der Waals surface area contributed by atoms with Crippen molar-refractivity contribution in [1.82, 2.24) is 14.4 Å². The van der Waals surface area contributed by atoms with Gasteiger partial charge in [-0.1, -0.05) is 13.3 Å². The van der Waals surface area contributed by atoms with Crippen LogP contribution in [0.5, 0.6) is 0 Å². The summed E-state index contributed by atoms with van der Waals surface area (Å²) >= 11 is 0. The van der Waals surface area contributed by atoms with E-state index < -0.39 is 0 Å². The van der Waals surface area contributed by atoms with E-state index in [9.17, 15) is 4.79 Å². The maximum Gasteiger partial charge on any atom is 0.245 e. The molecule has 2 aliphatic heterocycles. The third-order valence-corrected chi connectivity index (χ3v) is 5.63. The Balaban J connectivity index is 1.67. The number of likely N-dealkylation sites (tertiary alicyclic amines) is 2. The van der Waals surface area contributed by atoms with Crippen molar-refractivity contribution in [1.29, 1.82) is 0 Å². The summed E-state index contributed by atoms with van der Waals surface area (Å²) in [6.07, 6.45) is 9.71. The second-order valence-electron chi connectivity index (χ2n) is 7.25. The lowest BCUT2D eigenvalue weighted by atomic mass is 9.78. The Kier molecular flexibility index (Phi) is 4.57. The lowest BCUT2D eigenvalue weighted by molar-refractivity contribution is -0.134. The highest BCUT2D eigenvalue weighted by Gasteiger charge is 2.42. The molecule has 3 heterocycles. The van der Waals surface area contributed by atoms with Crippen molar-refractivity contribution in [2.24, 2.45) is 5.41 Å². The third kappa shape index (κ3) is 3.07. The van der Waals surface area contributed by atoms with Gasteiger partial charge in [-0.05, 0) is 63.4 Å². The molecule has 1 spiro atoms. The molecule has 1 amide bonds. The van der Waals surface area contributed by atoms with Gasteiger partial charge in [-0.25, -0.2) is 0 Å². The fraction of sp³-hybridized carbons (Fsp3) is 0.722. The fourth-order valence-electron chi connectivity index (χ4n) is 4.06. The van der Waals surface area contributed by atoms with Crippen LogP contribution in [0.3, 0.4) is 0 Å². The van der Waals surface area contributed by atoms with E-state index in [4.69, 9.17) is 0 Å². The van der Waals surface area contributed by atoms with Crippen LogP contribution < -0.4 is 0 Å². The minimum Gasteiger partial charge on any atom is -0.342 e. The van der Waals surface area contributed by atoms with Crippen LogP contribution in [0, 0.1) is 5.41 Å². The molecule has 3 rings (SSSR count). The molecule has 22 heavy (non-hydrogen) atoms. The summed E-state index contributed by atoms with van der Waals surface area (Å²) in [6, 6.07) is 4.01. The molecule has 0 radical (unpaired) electrons. The lowest BCUT2D eigenvalue weighted by Crippen LogP contribution is -2.42. The van der Waals surface area contributed by atoms with Gasteiger partial charge in [0.25, 0.3) is 0 Å². The number of amides is 1. The van der Waals surface area contributed by atoms with Crippen molar-refractivity contribution in [2.75, 3.05) is 33.2 Å². The average Bonchev–Trinajstić information content (AvgIpc) is 3.18. The van der Waals surface area contributed by atoms with Crippen molar-refractivity contribution >= 4 is 5.91 Å². The fourth-order valence-corrected chi connectivity index (χ4v) is 4.06. The summed E-state index contributed by atoms with van der Waals surface area (Å²) in [6.45, 7) is 6.44. The van der Waals surface area contributed by atoms with Gasteiger partial charge in [-0.2, -0.15) is 0 Å². The van der Waals surface area contributed by atoms with Crippen molar-refractivity contribution in [3.05, 3.63) is 24.5 Å². The van der Waals surface area contributed by atoms with Gasteiger partial charge in [0.05, 0.1) is 0 Å². The highest BCUT2D eigenvalue weighted by atomic mass is 16.2. The van der Waals surface area contributed by atoms with Gasteiger partial charge in [-0.3, -0.25) is 4.79 Å². The first-order chi connectivity index (χ1) is 10.6. The Hall–Kier alpha value is -1.29. The van der Waals surface area contributed by atoms with Gasteiger partial charge in [0.1, 0.15) is 6.04 Å². The van der Waals surface area contributed by atoms with Crippen LogP contribution in [0.4, 0.5) is 0 Å². The zero-order valence-corrected chi connectivity index (χ0v) is 14.0.